The zero-order valence-electron chi connectivity index (χ0n) is 11.3. The maximum absolute atomic E-state index is 11.6. The molecule has 3 N–H and O–H groups in total. The Morgan fingerprint density at radius 1 is 1.35 bits per heavy atom. The van der Waals surface area contributed by atoms with Crippen LogP contribution >= 0.6 is 11.3 Å². The summed E-state index contributed by atoms with van der Waals surface area (Å²) in [5.74, 6) is -1.18. The lowest BCUT2D eigenvalue weighted by Gasteiger charge is -2.12. The standard InChI is InChI=1S/C14H20N2O3S/c17-12(10-6-8-20-9-10)5-7-15-13(18)14(19)16-11-3-1-2-4-11/h6,8-9,11-12,17H,1-5,7H2,(H,15,18)(H,16,19). The molecule has 6 heteroatoms. The van der Waals surface area contributed by atoms with E-state index in [4.69, 9.17) is 0 Å². The number of carbonyl (C=O) groups excluding carboxylic acids is 2. The molecular weight excluding hydrogens is 276 g/mol. The van der Waals surface area contributed by atoms with Crippen LogP contribution in [0, 0.1) is 0 Å². The predicted molar refractivity (Wildman–Crippen MR) is 77.3 cm³/mol. The third-order valence-corrected chi connectivity index (χ3v) is 4.23. The van der Waals surface area contributed by atoms with E-state index in [1.165, 1.54) is 11.3 Å². The van der Waals surface area contributed by atoms with E-state index in [0.29, 0.717) is 6.42 Å². The molecule has 0 aromatic carbocycles. The highest BCUT2D eigenvalue weighted by atomic mass is 32.1. The van der Waals surface area contributed by atoms with Gasteiger partial charge in [-0.05, 0) is 41.7 Å². The van der Waals surface area contributed by atoms with Gasteiger partial charge in [0.15, 0.2) is 0 Å². The van der Waals surface area contributed by atoms with Gasteiger partial charge in [-0.1, -0.05) is 12.8 Å². The van der Waals surface area contributed by atoms with E-state index in [0.717, 1.165) is 31.2 Å². The van der Waals surface area contributed by atoms with Crippen LogP contribution < -0.4 is 10.6 Å². The van der Waals surface area contributed by atoms with Crippen molar-refractivity contribution < 1.29 is 14.7 Å². The van der Waals surface area contributed by atoms with Crippen LogP contribution in [0.25, 0.3) is 0 Å². The van der Waals surface area contributed by atoms with Crippen molar-refractivity contribution in [1.82, 2.24) is 10.6 Å². The molecular formula is C14H20N2O3S. The molecule has 1 heterocycles. The number of carbonyl (C=O) groups is 2. The molecule has 20 heavy (non-hydrogen) atoms. The van der Waals surface area contributed by atoms with Gasteiger partial charge in [0.1, 0.15) is 0 Å². The zero-order chi connectivity index (χ0) is 14.4. The Bertz CT molecular complexity index is 441. The number of aliphatic hydroxyl groups is 1. The fraction of sp³-hybridized carbons (Fsp3) is 0.571. The lowest BCUT2D eigenvalue weighted by Crippen LogP contribution is -2.44. The second kappa shape index (κ2) is 7.40. The van der Waals surface area contributed by atoms with E-state index in [2.05, 4.69) is 10.6 Å². The quantitative estimate of drug-likeness (QED) is 0.718. The maximum atomic E-state index is 11.6. The molecule has 0 spiro atoms. The summed E-state index contributed by atoms with van der Waals surface area (Å²) in [5.41, 5.74) is 0.847. The van der Waals surface area contributed by atoms with Gasteiger partial charge in [0.2, 0.25) is 0 Å². The molecule has 2 amide bonds. The second-order valence-corrected chi connectivity index (χ2v) is 5.85. The normalized spacial score (nSPS) is 16.9. The van der Waals surface area contributed by atoms with Gasteiger partial charge in [0, 0.05) is 12.6 Å². The minimum Gasteiger partial charge on any atom is -0.388 e. The highest BCUT2D eigenvalue weighted by molar-refractivity contribution is 7.07. The Balaban J connectivity index is 1.65. The van der Waals surface area contributed by atoms with Gasteiger partial charge in [-0.15, -0.1) is 0 Å². The first-order valence-corrected chi connectivity index (χ1v) is 7.90. The van der Waals surface area contributed by atoms with Crippen LogP contribution in [0.1, 0.15) is 43.8 Å². The molecule has 1 fully saturated rings. The van der Waals surface area contributed by atoms with Crippen molar-refractivity contribution in [3.05, 3.63) is 22.4 Å². The first-order valence-electron chi connectivity index (χ1n) is 6.95. The molecule has 1 unspecified atom stereocenters. The largest absolute Gasteiger partial charge is 0.388 e. The highest BCUT2D eigenvalue weighted by Gasteiger charge is 2.21. The van der Waals surface area contributed by atoms with Crippen LogP contribution in [0.4, 0.5) is 0 Å². The van der Waals surface area contributed by atoms with Crippen LogP contribution in [0.2, 0.25) is 0 Å². The number of thiophene rings is 1. The van der Waals surface area contributed by atoms with Crippen molar-refractivity contribution in [3.8, 4) is 0 Å². The van der Waals surface area contributed by atoms with E-state index in [-0.39, 0.29) is 12.6 Å². The fourth-order valence-corrected chi connectivity index (χ4v) is 3.06. The average molecular weight is 296 g/mol. The summed E-state index contributed by atoms with van der Waals surface area (Å²) < 4.78 is 0. The molecule has 1 aliphatic carbocycles. The molecule has 1 aromatic rings. The molecule has 1 atom stereocenters. The summed E-state index contributed by atoms with van der Waals surface area (Å²) in [6.45, 7) is 0.286. The third-order valence-electron chi connectivity index (χ3n) is 3.53. The Labute approximate surface area is 122 Å². The number of hydrogen-bond donors (Lipinski definition) is 3. The summed E-state index contributed by atoms with van der Waals surface area (Å²) >= 11 is 1.52. The average Bonchev–Trinajstić information content (AvgIpc) is 3.11. The number of amides is 2. The lowest BCUT2D eigenvalue weighted by atomic mass is 10.1. The van der Waals surface area contributed by atoms with Crippen LogP contribution in [-0.2, 0) is 9.59 Å². The van der Waals surface area contributed by atoms with Crippen molar-refractivity contribution in [2.75, 3.05) is 6.54 Å². The molecule has 1 aliphatic rings. The minimum absolute atomic E-state index is 0.143. The molecule has 0 radical (unpaired) electrons. The third kappa shape index (κ3) is 4.31. The van der Waals surface area contributed by atoms with Crippen molar-refractivity contribution in [3.63, 3.8) is 0 Å². The smallest absolute Gasteiger partial charge is 0.309 e. The highest BCUT2D eigenvalue weighted by Crippen LogP contribution is 2.19. The Kier molecular flexibility index (Phi) is 5.55. The van der Waals surface area contributed by atoms with Gasteiger partial charge in [0.25, 0.3) is 0 Å². The minimum atomic E-state index is -0.616. The van der Waals surface area contributed by atoms with Crippen LogP contribution in [-0.4, -0.2) is 29.5 Å². The molecule has 1 aromatic heterocycles. The first kappa shape index (κ1) is 15.0. The number of aliphatic hydroxyl groups excluding tert-OH is 1. The topological polar surface area (TPSA) is 78.4 Å². The lowest BCUT2D eigenvalue weighted by molar-refractivity contribution is -0.139. The second-order valence-electron chi connectivity index (χ2n) is 5.07. The number of nitrogens with one attached hydrogen (secondary N) is 2. The summed E-state index contributed by atoms with van der Waals surface area (Å²) in [6.07, 6.45) is 3.93. The SMILES string of the molecule is O=C(NCCC(O)c1ccsc1)C(=O)NC1CCCC1. The van der Waals surface area contributed by atoms with Gasteiger partial charge >= 0.3 is 11.8 Å². The van der Waals surface area contributed by atoms with Crippen LogP contribution in [0.3, 0.4) is 0 Å². The summed E-state index contributed by atoms with van der Waals surface area (Å²) in [7, 11) is 0. The molecule has 1 saturated carbocycles. The van der Waals surface area contributed by atoms with Crippen LogP contribution in [0.5, 0.6) is 0 Å². The van der Waals surface area contributed by atoms with E-state index in [9.17, 15) is 14.7 Å². The fourth-order valence-electron chi connectivity index (χ4n) is 2.36. The van der Waals surface area contributed by atoms with Crippen LogP contribution in [0.15, 0.2) is 16.8 Å². The molecule has 0 aliphatic heterocycles. The van der Waals surface area contributed by atoms with Crippen molar-refractivity contribution in [2.45, 2.75) is 44.2 Å². The number of hydrogen-bond acceptors (Lipinski definition) is 4. The summed E-state index contributed by atoms with van der Waals surface area (Å²) in [6, 6.07) is 1.99. The zero-order valence-corrected chi connectivity index (χ0v) is 12.1. The van der Waals surface area contributed by atoms with Gasteiger partial charge in [-0.3, -0.25) is 9.59 Å². The Morgan fingerprint density at radius 2 is 2.10 bits per heavy atom. The predicted octanol–water partition coefficient (Wildman–Crippen LogP) is 1.35. The maximum Gasteiger partial charge on any atom is 0.309 e. The van der Waals surface area contributed by atoms with Crippen molar-refractivity contribution in [1.29, 1.82) is 0 Å². The Hall–Kier alpha value is -1.40. The Morgan fingerprint density at radius 3 is 2.75 bits per heavy atom. The van der Waals surface area contributed by atoms with E-state index < -0.39 is 17.9 Å². The number of rotatable bonds is 5. The summed E-state index contributed by atoms with van der Waals surface area (Å²) in [5, 5.41) is 18.9. The van der Waals surface area contributed by atoms with Gasteiger partial charge in [-0.2, -0.15) is 11.3 Å². The molecule has 0 bridgehead atoms. The van der Waals surface area contributed by atoms with Crippen molar-refractivity contribution in [2.24, 2.45) is 0 Å². The van der Waals surface area contributed by atoms with Crippen molar-refractivity contribution >= 4 is 23.2 Å². The molecule has 2 rings (SSSR count). The molecule has 0 saturated heterocycles. The van der Waals surface area contributed by atoms with E-state index >= 15 is 0 Å². The van der Waals surface area contributed by atoms with E-state index in [1.54, 1.807) is 0 Å². The first-order chi connectivity index (χ1) is 9.66. The van der Waals surface area contributed by atoms with Gasteiger partial charge in [-0.25, -0.2) is 0 Å². The summed E-state index contributed by atoms with van der Waals surface area (Å²) in [4.78, 5) is 23.2. The van der Waals surface area contributed by atoms with Gasteiger partial charge in [0.05, 0.1) is 6.10 Å². The van der Waals surface area contributed by atoms with Gasteiger partial charge < -0.3 is 15.7 Å². The van der Waals surface area contributed by atoms with E-state index in [1.807, 2.05) is 16.8 Å². The molecule has 110 valence electrons. The monoisotopic (exact) mass is 296 g/mol. The molecule has 5 nitrogen and oxygen atoms in total.